The molecule has 2 amide bonds. The van der Waals surface area contributed by atoms with Gasteiger partial charge in [-0.15, -0.1) is 10.2 Å². The number of aromatic nitrogens is 1. The van der Waals surface area contributed by atoms with Crippen molar-refractivity contribution in [2.45, 2.75) is 12.8 Å². The number of H-pyrrole nitrogens is 1. The maximum absolute atomic E-state index is 11.9. The highest BCUT2D eigenvalue weighted by atomic mass is 16.5. The molecule has 0 spiro atoms. The largest absolute Gasteiger partial charge is 0.496 e. The molecule has 3 rings (SSSR count). The van der Waals surface area contributed by atoms with Crippen molar-refractivity contribution in [3.05, 3.63) is 59.9 Å². The zero-order valence-electron chi connectivity index (χ0n) is 15.3. The SMILES string of the molecule is COC1=C(/C=C/C(=O)NCC(=O)N=Nc2c(O)[nH]c3ccccc23)CCC=C1. The fraction of sp³-hybridized carbons (Fsp3) is 0.200. The van der Waals surface area contributed by atoms with Crippen molar-refractivity contribution in [2.75, 3.05) is 13.7 Å². The van der Waals surface area contributed by atoms with Crippen molar-refractivity contribution in [1.82, 2.24) is 10.3 Å². The van der Waals surface area contributed by atoms with Gasteiger partial charge in [-0.1, -0.05) is 24.3 Å². The Morgan fingerprint density at radius 2 is 2.18 bits per heavy atom. The molecule has 8 heteroatoms. The predicted molar refractivity (Wildman–Crippen MR) is 104 cm³/mol. The Bertz CT molecular complexity index is 1010. The van der Waals surface area contributed by atoms with Crippen LogP contribution in [0.25, 0.3) is 10.9 Å². The first-order valence-corrected chi connectivity index (χ1v) is 8.72. The molecule has 0 aliphatic heterocycles. The molecule has 0 saturated heterocycles. The van der Waals surface area contributed by atoms with Crippen LogP contribution in [-0.2, 0) is 14.3 Å². The van der Waals surface area contributed by atoms with E-state index in [1.165, 1.54) is 6.08 Å². The molecule has 1 aliphatic rings. The first-order chi connectivity index (χ1) is 13.6. The van der Waals surface area contributed by atoms with Gasteiger partial charge in [0.1, 0.15) is 12.3 Å². The molecule has 0 unspecified atom stereocenters. The van der Waals surface area contributed by atoms with Crippen LogP contribution in [0.5, 0.6) is 5.88 Å². The van der Waals surface area contributed by atoms with Gasteiger partial charge >= 0.3 is 0 Å². The van der Waals surface area contributed by atoms with Crippen LogP contribution >= 0.6 is 0 Å². The second-order valence-electron chi connectivity index (χ2n) is 6.05. The van der Waals surface area contributed by atoms with Crippen LogP contribution in [0.4, 0.5) is 5.69 Å². The summed E-state index contributed by atoms with van der Waals surface area (Å²) in [5, 5.41) is 20.3. The highest BCUT2D eigenvalue weighted by Crippen LogP contribution is 2.35. The second-order valence-corrected chi connectivity index (χ2v) is 6.05. The smallest absolute Gasteiger partial charge is 0.283 e. The normalized spacial score (nSPS) is 14.3. The molecule has 0 atom stereocenters. The summed E-state index contributed by atoms with van der Waals surface area (Å²) in [6, 6.07) is 7.12. The molecule has 1 aliphatic carbocycles. The van der Waals surface area contributed by atoms with E-state index in [2.05, 4.69) is 20.5 Å². The standard InChI is InChI=1S/C20H20N4O4/c1-28-16-9-5-2-6-13(16)10-11-17(25)21-12-18(26)23-24-19-14-7-3-4-8-15(14)22-20(19)27/h3-5,7-11,22,27H,2,6,12H2,1H3,(H,21,25)/b11-10+,24-23?. The Kier molecular flexibility index (Phi) is 6.01. The molecule has 1 aromatic heterocycles. The Morgan fingerprint density at radius 1 is 1.36 bits per heavy atom. The van der Waals surface area contributed by atoms with Crippen LogP contribution in [0.15, 0.2) is 70.1 Å². The van der Waals surface area contributed by atoms with E-state index >= 15 is 0 Å². The maximum atomic E-state index is 11.9. The molecule has 1 heterocycles. The second kappa shape index (κ2) is 8.81. The van der Waals surface area contributed by atoms with Crippen LogP contribution in [0.3, 0.4) is 0 Å². The molecule has 28 heavy (non-hydrogen) atoms. The van der Waals surface area contributed by atoms with Gasteiger partial charge in [-0.3, -0.25) is 9.59 Å². The molecule has 144 valence electrons. The zero-order valence-corrected chi connectivity index (χ0v) is 15.3. The minimum atomic E-state index is -0.635. The van der Waals surface area contributed by atoms with E-state index < -0.39 is 11.8 Å². The van der Waals surface area contributed by atoms with Gasteiger partial charge in [0, 0.05) is 11.5 Å². The number of hydrogen-bond acceptors (Lipinski definition) is 5. The first-order valence-electron chi connectivity index (χ1n) is 8.72. The van der Waals surface area contributed by atoms with Gasteiger partial charge in [-0.25, -0.2) is 0 Å². The number of nitrogens with zero attached hydrogens (tertiary/aromatic N) is 2. The Morgan fingerprint density at radius 3 is 3.00 bits per heavy atom. The number of amides is 2. The number of fused-ring (bicyclic) bond motifs is 1. The van der Waals surface area contributed by atoms with Crippen LogP contribution in [0.1, 0.15) is 12.8 Å². The first kappa shape index (κ1) is 19.1. The van der Waals surface area contributed by atoms with Crippen molar-refractivity contribution in [3.63, 3.8) is 0 Å². The predicted octanol–water partition coefficient (Wildman–Crippen LogP) is 3.41. The lowest BCUT2D eigenvalue weighted by Crippen LogP contribution is -2.26. The van der Waals surface area contributed by atoms with E-state index in [4.69, 9.17) is 4.74 Å². The molecule has 2 aromatic rings. The maximum Gasteiger partial charge on any atom is 0.283 e. The highest BCUT2D eigenvalue weighted by molar-refractivity contribution is 5.95. The summed E-state index contributed by atoms with van der Waals surface area (Å²) in [5.41, 5.74) is 1.78. The van der Waals surface area contributed by atoms with Gasteiger partial charge in [0.15, 0.2) is 5.69 Å². The number of para-hydroxylation sites is 1. The number of carbonyl (C=O) groups is 2. The third-order valence-corrected chi connectivity index (χ3v) is 4.16. The lowest BCUT2D eigenvalue weighted by Gasteiger charge is -2.11. The molecule has 0 fully saturated rings. The molecule has 0 saturated carbocycles. The number of rotatable bonds is 6. The number of benzene rings is 1. The number of aromatic amines is 1. The number of methoxy groups -OCH3 is 1. The third-order valence-electron chi connectivity index (χ3n) is 4.16. The van der Waals surface area contributed by atoms with Gasteiger partial charge in [-0.05, 0) is 36.6 Å². The molecule has 3 N–H and O–H groups in total. The lowest BCUT2D eigenvalue weighted by atomic mass is 10.0. The number of allylic oxidation sites excluding steroid dienone is 4. The number of hydrogen-bond donors (Lipinski definition) is 3. The van der Waals surface area contributed by atoms with Gasteiger partial charge in [0.05, 0.1) is 12.6 Å². The fourth-order valence-electron chi connectivity index (χ4n) is 2.78. The van der Waals surface area contributed by atoms with Crippen molar-refractivity contribution in [1.29, 1.82) is 0 Å². The number of nitrogens with one attached hydrogen (secondary N) is 2. The highest BCUT2D eigenvalue weighted by Gasteiger charge is 2.11. The van der Waals surface area contributed by atoms with Gasteiger partial charge < -0.3 is 20.1 Å². The summed E-state index contributed by atoms with van der Waals surface area (Å²) < 4.78 is 5.25. The minimum absolute atomic E-state index is 0.173. The van der Waals surface area contributed by atoms with Crippen molar-refractivity contribution in [2.24, 2.45) is 10.2 Å². The summed E-state index contributed by atoms with van der Waals surface area (Å²) in [7, 11) is 1.58. The van der Waals surface area contributed by atoms with Gasteiger partial charge in [-0.2, -0.15) is 0 Å². The third kappa shape index (κ3) is 4.53. The Hall–Kier alpha value is -3.68. The van der Waals surface area contributed by atoms with E-state index in [0.717, 1.165) is 24.2 Å². The van der Waals surface area contributed by atoms with Crippen LogP contribution in [-0.4, -0.2) is 35.6 Å². The minimum Gasteiger partial charge on any atom is -0.496 e. The average Bonchev–Trinajstić information content (AvgIpc) is 3.04. The number of aromatic hydroxyl groups is 1. The Balaban J connectivity index is 1.56. The van der Waals surface area contributed by atoms with Crippen molar-refractivity contribution >= 4 is 28.4 Å². The average molecular weight is 380 g/mol. The molecule has 0 bridgehead atoms. The summed E-state index contributed by atoms with van der Waals surface area (Å²) in [5.74, 6) is -0.507. The van der Waals surface area contributed by atoms with E-state index in [-0.39, 0.29) is 18.1 Å². The summed E-state index contributed by atoms with van der Waals surface area (Å²) in [6.45, 7) is -0.300. The van der Waals surface area contributed by atoms with Crippen molar-refractivity contribution < 1.29 is 19.4 Å². The molecule has 0 radical (unpaired) electrons. The quantitative estimate of drug-likeness (QED) is 0.526. The number of azo groups is 1. The van der Waals surface area contributed by atoms with Crippen molar-refractivity contribution in [3.8, 4) is 5.88 Å². The van der Waals surface area contributed by atoms with E-state index in [0.29, 0.717) is 10.9 Å². The Labute approximate surface area is 161 Å². The number of carbonyl (C=O) groups excluding carboxylic acids is 2. The lowest BCUT2D eigenvalue weighted by molar-refractivity contribution is -0.122. The molecule has 1 aromatic carbocycles. The van der Waals surface area contributed by atoms with E-state index in [9.17, 15) is 14.7 Å². The zero-order chi connectivity index (χ0) is 19.9. The molecular weight excluding hydrogens is 360 g/mol. The van der Waals surface area contributed by atoms with Crippen LogP contribution in [0.2, 0.25) is 0 Å². The van der Waals surface area contributed by atoms with Crippen LogP contribution < -0.4 is 5.32 Å². The molecular formula is C20H20N4O4. The number of ether oxygens (including phenoxy) is 1. The van der Waals surface area contributed by atoms with Gasteiger partial charge in [0.25, 0.3) is 5.91 Å². The topological polar surface area (TPSA) is 116 Å². The fourth-order valence-corrected chi connectivity index (χ4v) is 2.78. The van der Waals surface area contributed by atoms with Crippen LogP contribution in [0, 0.1) is 0 Å². The summed E-state index contributed by atoms with van der Waals surface area (Å²) in [6.07, 6.45) is 8.56. The van der Waals surface area contributed by atoms with E-state index in [1.807, 2.05) is 18.2 Å². The van der Waals surface area contributed by atoms with E-state index in [1.54, 1.807) is 31.4 Å². The summed E-state index contributed by atoms with van der Waals surface area (Å²) >= 11 is 0. The summed E-state index contributed by atoms with van der Waals surface area (Å²) in [4.78, 5) is 26.5. The van der Waals surface area contributed by atoms with Gasteiger partial charge in [0.2, 0.25) is 11.8 Å². The molecule has 8 nitrogen and oxygen atoms in total. The monoisotopic (exact) mass is 380 g/mol.